The smallest absolute Gasteiger partial charge is 0.312 e. The van der Waals surface area contributed by atoms with Crippen LogP contribution in [0.15, 0.2) is 48.5 Å². The Balaban J connectivity index is 1.76. The van der Waals surface area contributed by atoms with E-state index in [9.17, 15) is 14.9 Å². The van der Waals surface area contributed by atoms with Gasteiger partial charge in [-0.05, 0) is 55.0 Å². The molecule has 0 spiro atoms. The lowest BCUT2D eigenvalue weighted by molar-refractivity contribution is -0.386. The number of aromatic nitrogens is 2. The highest BCUT2D eigenvalue weighted by Gasteiger charge is 2.22. The number of benzene rings is 2. The molecule has 0 radical (unpaired) electrons. The van der Waals surface area contributed by atoms with Gasteiger partial charge in [0, 0.05) is 5.56 Å². The van der Waals surface area contributed by atoms with E-state index < -0.39 is 4.92 Å². The fourth-order valence-electron chi connectivity index (χ4n) is 3.87. The first kappa shape index (κ1) is 23.2. The average molecular weight is 435 g/mol. The van der Waals surface area contributed by atoms with Gasteiger partial charge in [-0.2, -0.15) is 5.10 Å². The molecule has 0 aliphatic rings. The van der Waals surface area contributed by atoms with E-state index in [0.29, 0.717) is 29.4 Å². The summed E-state index contributed by atoms with van der Waals surface area (Å²) < 4.78 is 1.61. The summed E-state index contributed by atoms with van der Waals surface area (Å²) in [5.74, 6) is 0.316. The summed E-state index contributed by atoms with van der Waals surface area (Å²) >= 11 is 0. The Morgan fingerprint density at radius 2 is 1.78 bits per heavy atom. The molecule has 168 valence electrons. The molecule has 1 N–H and O–H groups in total. The van der Waals surface area contributed by atoms with Crippen LogP contribution in [-0.4, -0.2) is 20.6 Å². The van der Waals surface area contributed by atoms with E-state index in [1.54, 1.807) is 24.6 Å². The molecule has 2 aromatic carbocycles. The Kier molecular flexibility index (Phi) is 7.08. The highest BCUT2D eigenvalue weighted by atomic mass is 16.6. The molecule has 7 heteroatoms. The van der Waals surface area contributed by atoms with Crippen LogP contribution < -0.4 is 5.32 Å². The van der Waals surface area contributed by atoms with Crippen LogP contribution in [-0.2, 0) is 6.54 Å². The Labute approximate surface area is 188 Å². The molecular weight excluding hydrogens is 404 g/mol. The molecule has 3 aromatic rings. The Hall–Kier alpha value is -3.48. The quantitative estimate of drug-likeness (QED) is 0.376. The molecular formula is C25H30N4O3. The fourth-order valence-corrected chi connectivity index (χ4v) is 3.87. The molecule has 1 amide bonds. The largest absolute Gasteiger partial charge is 0.345 e. The highest BCUT2D eigenvalue weighted by Crippen LogP contribution is 2.24. The number of nitro groups is 1. The van der Waals surface area contributed by atoms with Crippen molar-refractivity contribution in [1.29, 1.82) is 0 Å². The van der Waals surface area contributed by atoms with Crippen LogP contribution in [0.4, 0.5) is 5.69 Å². The van der Waals surface area contributed by atoms with Gasteiger partial charge >= 0.3 is 5.69 Å². The summed E-state index contributed by atoms with van der Waals surface area (Å²) in [5.41, 5.74) is 4.67. The zero-order chi connectivity index (χ0) is 23.4. The predicted molar refractivity (Wildman–Crippen MR) is 125 cm³/mol. The molecule has 0 fully saturated rings. The van der Waals surface area contributed by atoms with Crippen molar-refractivity contribution in [3.05, 3.63) is 92.3 Å². The number of carbonyl (C=O) groups excluding carboxylic acids is 1. The third kappa shape index (κ3) is 5.04. The van der Waals surface area contributed by atoms with Crippen LogP contribution in [0.1, 0.15) is 77.6 Å². The maximum absolute atomic E-state index is 13.0. The lowest BCUT2D eigenvalue weighted by Gasteiger charge is -2.19. The van der Waals surface area contributed by atoms with Crippen molar-refractivity contribution in [3.8, 4) is 0 Å². The van der Waals surface area contributed by atoms with E-state index in [2.05, 4.69) is 48.5 Å². The minimum absolute atomic E-state index is 0.0353. The average Bonchev–Trinajstić information content (AvgIpc) is 3.04. The van der Waals surface area contributed by atoms with Crippen molar-refractivity contribution < 1.29 is 9.72 Å². The fraction of sp³-hybridized carbons (Fsp3) is 0.360. The summed E-state index contributed by atoms with van der Waals surface area (Å²) in [7, 11) is 0. The molecule has 0 saturated heterocycles. The van der Waals surface area contributed by atoms with Gasteiger partial charge in [0.15, 0.2) is 0 Å². The Morgan fingerprint density at radius 1 is 1.12 bits per heavy atom. The first-order valence-corrected chi connectivity index (χ1v) is 10.9. The van der Waals surface area contributed by atoms with Crippen molar-refractivity contribution in [1.82, 2.24) is 15.1 Å². The third-order valence-electron chi connectivity index (χ3n) is 5.77. The van der Waals surface area contributed by atoms with Crippen LogP contribution >= 0.6 is 0 Å². The van der Waals surface area contributed by atoms with E-state index >= 15 is 0 Å². The van der Waals surface area contributed by atoms with E-state index in [1.807, 2.05) is 25.1 Å². The third-order valence-corrected chi connectivity index (χ3v) is 5.77. The maximum atomic E-state index is 13.0. The number of hydrogen-bond acceptors (Lipinski definition) is 4. The van der Waals surface area contributed by atoms with Gasteiger partial charge in [-0.1, -0.05) is 57.2 Å². The molecule has 0 unspecified atom stereocenters. The zero-order valence-electron chi connectivity index (χ0n) is 19.3. The van der Waals surface area contributed by atoms with Gasteiger partial charge in [0.25, 0.3) is 5.91 Å². The van der Waals surface area contributed by atoms with Gasteiger partial charge in [0.05, 0.1) is 17.5 Å². The Bertz CT molecular complexity index is 1120. The summed E-state index contributed by atoms with van der Waals surface area (Å²) in [4.78, 5) is 23.8. The number of rotatable bonds is 8. The van der Waals surface area contributed by atoms with Gasteiger partial charge in [-0.3, -0.25) is 19.6 Å². The van der Waals surface area contributed by atoms with Gasteiger partial charge in [0.2, 0.25) is 0 Å². The molecule has 7 nitrogen and oxygen atoms in total. The van der Waals surface area contributed by atoms with Crippen LogP contribution in [0.2, 0.25) is 0 Å². The summed E-state index contributed by atoms with van der Waals surface area (Å²) in [6.07, 6.45) is 0.780. The summed E-state index contributed by atoms with van der Waals surface area (Å²) in [5, 5.41) is 18.7. The number of nitrogens with one attached hydrogen (secondary N) is 1. The van der Waals surface area contributed by atoms with Crippen molar-refractivity contribution in [3.63, 3.8) is 0 Å². The van der Waals surface area contributed by atoms with Crippen LogP contribution in [0.5, 0.6) is 0 Å². The standard InChI is InChI=1S/C25H30N4O3/c1-6-23(21-12-10-20(11-13-21)16(2)3)26-25(30)22-9-7-8-19(14-22)15-28-18(5)24(29(31)32)17(4)27-28/h7-14,16,23H,6,15H2,1-5H3,(H,26,30)/t23-/m0/s1. The molecule has 1 heterocycles. The van der Waals surface area contributed by atoms with Gasteiger partial charge in [-0.25, -0.2) is 0 Å². The Morgan fingerprint density at radius 3 is 2.34 bits per heavy atom. The van der Waals surface area contributed by atoms with Gasteiger partial charge < -0.3 is 5.32 Å². The van der Waals surface area contributed by atoms with E-state index in [0.717, 1.165) is 17.5 Å². The summed E-state index contributed by atoms with van der Waals surface area (Å²) in [6.45, 7) is 10.0. The molecule has 0 aliphatic heterocycles. The number of aryl methyl sites for hydroxylation is 1. The molecule has 0 saturated carbocycles. The number of amides is 1. The van der Waals surface area contributed by atoms with Crippen LogP contribution in [0.25, 0.3) is 0 Å². The topological polar surface area (TPSA) is 90.1 Å². The van der Waals surface area contributed by atoms with Crippen molar-refractivity contribution >= 4 is 11.6 Å². The van der Waals surface area contributed by atoms with Crippen molar-refractivity contribution in [2.75, 3.05) is 0 Å². The zero-order valence-corrected chi connectivity index (χ0v) is 19.3. The monoisotopic (exact) mass is 434 g/mol. The minimum Gasteiger partial charge on any atom is -0.345 e. The van der Waals surface area contributed by atoms with E-state index in [1.165, 1.54) is 5.56 Å². The lowest BCUT2D eigenvalue weighted by Crippen LogP contribution is -2.28. The van der Waals surface area contributed by atoms with E-state index in [-0.39, 0.29) is 17.6 Å². The molecule has 0 bridgehead atoms. The maximum Gasteiger partial charge on any atom is 0.312 e. The molecule has 32 heavy (non-hydrogen) atoms. The SMILES string of the molecule is CC[C@H](NC(=O)c1cccc(Cn2nc(C)c([N+](=O)[O-])c2C)c1)c1ccc(C(C)C)cc1. The number of hydrogen-bond donors (Lipinski definition) is 1. The second kappa shape index (κ2) is 9.77. The van der Waals surface area contributed by atoms with Crippen LogP contribution in [0, 0.1) is 24.0 Å². The molecule has 1 aromatic heterocycles. The van der Waals surface area contributed by atoms with Gasteiger partial charge in [-0.15, -0.1) is 0 Å². The molecule has 0 aliphatic carbocycles. The number of nitrogens with zero attached hydrogens (tertiary/aromatic N) is 3. The second-order valence-corrected chi connectivity index (χ2v) is 8.39. The minimum atomic E-state index is -0.406. The second-order valence-electron chi connectivity index (χ2n) is 8.39. The lowest BCUT2D eigenvalue weighted by atomic mass is 9.98. The number of carbonyl (C=O) groups is 1. The first-order valence-electron chi connectivity index (χ1n) is 10.9. The molecule has 1 atom stereocenters. The normalized spacial score (nSPS) is 12.1. The highest BCUT2D eigenvalue weighted by molar-refractivity contribution is 5.94. The van der Waals surface area contributed by atoms with E-state index in [4.69, 9.17) is 0 Å². The first-order chi connectivity index (χ1) is 15.2. The van der Waals surface area contributed by atoms with Crippen molar-refractivity contribution in [2.24, 2.45) is 0 Å². The molecule has 3 rings (SSSR count). The van der Waals surface area contributed by atoms with Crippen molar-refractivity contribution in [2.45, 2.75) is 59.5 Å². The predicted octanol–water partition coefficient (Wildman–Crippen LogP) is 5.46. The van der Waals surface area contributed by atoms with Crippen LogP contribution in [0.3, 0.4) is 0 Å². The van der Waals surface area contributed by atoms with Gasteiger partial charge in [0.1, 0.15) is 11.4 Å². The summed E-state index contributed by atoms with van der Waals surface area (Å²) in [6, 6.07) is 15.6.